The molecule has 1 rings (SSSR count). The molecule has 1 aromatic heterocycles. The Morgan fingerprint density at radius 1 is 1.73 bits per heavy atom. The molecule has 0 aliphatic rings. The monoisotopic (exact) mass is 212 g/mol. The van der Waals surface area contributed by atoms with Crippen LogP contribution in [-0.4, -0.2) is 33.3 Å². The Morgan fingerprint density at radius 3 is 2.93 bits per heavy atom. The minimum Gasteiger partial charge on any atom is -0.467 e. The van der Waals surface area contributed by atoms with Gasteiger partial charge in [0.1, 0.15) is 5.82 Å². The van der Waals surface area contributed by atoms with E-state index < -0.39 is 11.6 Å². The fraction of sp³-hybridized carbons (Fsp3) is 0.600. The summed E-state index contributed by atoms with van der Waals surface area (Å²) in [5.74, 6) is 0.192. The van der Waals surface area contributed by atoms with E-state index in [1.807, 2.05) is 6.92 Å². The maximum absolute atomic E-state index is 11.3. The molecule has 5 heteroatoms. The number of carbonyl (C=O) groups excluding carboxylic acids is 1. The Labute approximate surface area is 88.7 Å². The van der Waals surface area contributed by atoms with Gasteiger partial charge in [-0.15, -0.1) is 0 Å². The highest BCUT2D eigenvalue weighted by Gasteiger charge is 2.32. The zero-order valence-corrected chi connectivity index (χ0v) is 9.23. The van der Waals surface area contributed by atoms with Gasteiger partial charge in [-0.2, -0.15) is 0 Å². The molecule has 1 heterocycles. The summed E-state index contributed by atoms with van der Waals surface area (Å²) >= 11 is 0. The molecule has 5 nitrogen and oxygen atoms in total. The summed E-state index contributed by atoms with van der Waals surface area (Å²) in [5, 5.41) is 9.85. The van der Waals surface area contributed by atoms with Crippen molar-refractivity contribution in [2.75, 3.05) is 7.11 Å². The minimum absolute atomic E-state index is 0.156. The number of carbonyl (C=O) groups is 1. The fourth-order valence-electron chi connectivity index (χ4n) is 1.41. The fourth-order valence-corrected chi connectivity index (χ4v) is 1.41. The van der Waals surface area contributed by atoms with E-state index in [1.165, 1.54) is 14.0 Å². The summed E-state index contributed by atoms with van der Waals surface area (Å²) in [7, 11) is 1.26. The van der Waals surface area contributed by atoms with Crippen molar-refractivity contribution in [3.8, 4) is 0 Å². The SMILES string of the molecule is CCc1nccn1CC(C)(O)C(=O)OC. The van der Waals surface area contributed by atoms with Gasteiger partial charge < -0.3 is 14.4 Å². The molecule has 0 spiro atoms. The number of aryl methyl sites for hydroxylation is 1. The van der Waals surface area contributed by atoms with Crippen LogP contribution in [0.3, 0.4) is 0 Å². The lowest BCUT2D eigenvalue weighted by molar-refractivity contribution is -0.161. The van der Waals surface area contributed by atoms with Crippen molar-refractivity contribution in [3.63, 3.8) is 0 Å². The van der Waals surface area contributed by atoms with E-state index in [0.717, 1.165) is 12.2 Å². The second-order valence-electron chi connectivity index (χ2n) is 3.59. The molecular formula is C10H16N2O3. The Bertz CT molecular complexity index is 344. The van der Waals surface area contributed by atoms with Crippen LogP contribution in [0, 0.1) is 0 Å². The number of ether oxygens (including phenoxy) is 1. The molecule has 1 aromatic rings. The first-order valence-electron chi connectivity index (χ1n) is 4.82. The number of nitrogens with zero attached hydrogens (tertiary/aromatic N) is 2. The highest BCUT2D eigenvalue weighted by Crippen LogP contribution is 2.11. The molecule has 15 heavy (non-hydrogen) atoms. The van der Waals surface area contributed by atoms with Gasteiger partial charge >= 0.3 is 5.97 Å². The Kier molecular flexibility index (Phi) is 3.47. The van der Waals surface area contributed by atoms with Crippen molar-refractivity contribution in [2.24, 2.45) is 0 Å². The van der Waals surface area contributed by atoms with Crippen LogP contribution in [0.15, 0.2) is 12.4 Å². The lowest BCUT2D eigenvalue weighted by atomic mass is 10.1. The maximum atomic E-state index is 11.3. The smallest absolute Gasteiger partial charge is 0.339 e. The molecule has 0 aliphatic heterocycles. The molecule has 0 aliphatic carbocycles. The topological polar surface area (TPSA) is 64.3 Å². The number of methoxy groups -OCH3 is 1. The summed E-state index contributed by atoms with van der Waals surface area (Å²) in [5.41, 5.74) is -1.51. The van der Waals surface area contributed by atoms with Crippen LogP contribution < -0.4 is 0 Å². The molecule has 1 unspecified atom stereocenters. The Balaban J connectivity index is 2.81. The van der Waals surface area contributed by atoms with Crippen LogP contribution in [-0.2, 0) is 22.5 Å². The van der Waals surface area contributed by atoms with Crippen LogP contribution in [0.2, 0.25) is 0 Å². The van der Waals surface area contributed by atoms with Gasteiger partial charge in [-0.1, -0.05) is 6.92 Å². The molecule has 0 saturated carbocycles. The van der Waals surface area contributed by atoms with Crippen molar-refractivity contribution in [1.29, 1.82) is 0 Å². The quantitative estimate of drug-likeness (QED) is 0.732. The van der Waals surface area contributed by atoms with E-state index >= 15 is 0 Å². The number of aromatic nitrogens is 2. The molecule has 0 radical (unpaired) electrons. The Morgan fingerprint density at radius 2 is 2.40 bits per heavy atom. The van der Waals surface area contributed by atoms with E-state index in [4.69, 9.17) is 0 Å². The third kappa shape index (κ3) is 2.56. The number of hydrogen-bond acceptors (Lipinski definition) is 4. The maximum Gasteiger partial charge on any atom is 0.339 e. The van der Waals surface area contributed by atoms with E-state index in [2.05, 4.69) is 9.72 Å². The van der Waals surface area contributed by atoms with Gasteiger partial charge in [0, 0.05) is 18.8 Å². The molecule has 0 fully saturated rings. The van der Waals surface area contributed by atoms with E-state index in [0.29, 0.717) is 0 Å². The van der Waals surface area contributed by atoms with Gasteiger partial charge in [0.15, 0.2) is 5.60 Å². The molecule has 0 bridgehead atoms. The summed E-state index contributed by atoms with van der Waals surface area (Å²) < 4.78 is 6.26. The summed E-state index contributed by atoms with van der Waals surface area (Å²) in [6.45, 7) is 3.55. The van der Waals surface area contributed by atoms with Crippen molar-refractivity contribution in [1.82, 2.24) is 9.55 Å². The second-order valence-corrected chi connectivity index (χ2v) is 3.59. The van der Waals surface area contributed by atoms with Crippen LogP contribution in [0.5, 0.6) is 0 Å². The largest absolute Gasteiger partial charge is 0.467 e. The molecular weight excluding hydrogens is 196 g/mol. The zero-order chi connectivity index (χ0) is 11.5. The van der Waals surface area contributed by atoms with Crippen molar-refractivity contribution < 1.29 is 14.6 Å². The molecule has 1 N–H and O–H groups in total. The number of esters is 1. The van der Waals surface area contributed by atoms with Crippen LogP contribution in [0.4, 0.5) is 0 Å². The highest BCUT2D eigenvalue weighted by molar-refractivity contribution is 5.78. The molecule has 1 atom stereocenters. The van der Waals surface area contributed by atoms with Crippen molar-refractivity contribution in [3.05, 3.63) is 18.2 Å². The Hall–Kier alpha value is -1.36. The van der Waals surface area contributed by atoms with Gasteiger partial charge in [0.05, 0.1) is 13.7 Å². The van der Waals surface area contributed by atoms with Crippen LogP contribution in [0.1, 0.15) is 19.7 Å². The zero-order valence-electron chi connectivity index (χ0n) is 9.23. The average Bonchev–Trinajstić information content (AvgIpc) is 2.63. The van der Waals surface area contributed by atoms with Crippen LogP contribution in [0.25, 0.3) is 0 Å². The predicted molar refractivity (Wildman–Crippen MR) is 54.2 cm³/mol. The van der Waals surface area contributed by atoms with Gasteiger partial charge in [-0.25, -0.2) is 9.78 Å². The second kappa shape index (κ2) is 4.44. The number of aliphatic hydroxyl groups is 1. The minimum atomic E-state index is -1.51. The van der Waals surface area contributed by atoms with Crippen molar-refractivity contribution in [2.45, 2.75) is 32.4 Å². The van der Waals surface area contributed by atoms with Crippen LogP contribution >= 0.6 is 0 Å². The van der Waals surface area contributed by atoms with Crippen molar-refractivity contribution >= 4 is 5.97 Å². The standard InChI is InChI=1S/C10H16N2O3/c1-4-8-11-5-6-12(8)7-10(2,14)9(13)15-3/h5-6,14H,4,7H2,1-3H3. The van der Waals surface area contributed by atoms with Gasteiger partial charge in [-0.3, -0.25) is 0 Å². The van der Waals surface area contributed by atoms with Gasteiger partial charge in [-0.05, 0) is 6.92 Å². The summed E-state index contributed by atoms with van der Waals surface area (Å²) in [6, 6.07) is 0. The van der Waals surface area contributed by atoms with E-state index in [1.54, 1.807) is 17.0 Å². The van der Waals surface area contributed by atoms with Gasteiger partial charge in [0.25, 0.3) is 0 Å². The highest BCUT2D eigenvalue weighted by atomic mass is 16.5. The molecule has 0 aromatic carbocycles. The lowest BCUT2D eigenvalue weighted by Gasteiger charge is -2.21. The van der Waals surface area contributed by atoms with Gasteiger partial charge in [0.2, 0.25) is 0 Å². The number of rotatable bonds is 4. The summed E-state index contributed by atoms with van der Waals surface area (Å²) in [6.07, 6.45) is 4.13. The number of hydrogen-bond donors (Lipinski definition) is 1. The van der Waals surface area contributed by atoms with E-state index in [-0.39, 0.29) is 6.54 Å². The first-order chi connectivity index (χ1) is 7.01. The third-order valence-corrected chi connectivity index (χ3v) is 2.22. The lowest BCUT2D eigenvalue weighted by Crippen LogP contribution is -2.40. The first kappa shape index (κ1) is 11.7. The first-order valence-corrected chi connectivity index (χ1v) is 4.82. The normalized spacial score (nSPS) is 14.7. The average molecular weight is 212 g/mol. The molecule has 84 valence electrons. The molecule has 0 saturated heterocycles. The predicted octanol–water partition coefficient (Wildman–Crippen LogP) is 0.369. The molecule has 0 amide bonds. The van der Waals surface area contributed by atoms with E-state index in [9.17, 15) is 9.90 Å². The number of imidazole rings is 1. The third-order valence-electron chi connectivity index (χ3n) is 2.22. The summed E-state index contributed by atoms with van der Waals surface area (Å²) in [4.78, 5) is 15.4.